The van der Waals surface area contributed by atoms with Crippen LogP contribution in [0.15, 0.2) is 30.3 Å². The molecule has 1 nitrogen and oxygen atoms in total. The van der Waals surface area contributed by atoms with Gasteiger partial charge in [-0.05, 0) is 12.0 Å². The van der Waals surface area contributed by atoms with Crippen molar-refractivity contribution in [2.24, 2.45) is 5.73 Å². The molecule has 0 saturated heterocycles. The smallest absolute Gasteiger partial charge is 0.0609 e. The summed E-state index contributed by atoms with van der Waals surface area (Å²) in [5.74, 6) is 0. The van der Waals surface area contributed by atoms with E-state index in [9.17, 15) is 0 Å². The van der Waals surface area contributed by atoms with Gasteiger partial charge in [0.05, 0.1) is 4.05 Å². The first-order valence-electron chi connectivity index (χ1n) is 3.22. The van der Waals surface area contributed by atoms with E-state index >= 15 is 0 Å². The van der Waals surface area contributed by atoms with Crippen LogP contribution in [0.5, 0.6) is 0 Å². The van der Waals surface area contributed by atoms with Gasteiger partial charge in [0.2, 0.25) is 0 Å². The number of rotatable bonds is 2. The minimum absolute atomic E-state index is 0.236. The Hall–Kier alpha value is -0.0900. The zero-order chi connectivity index (χ0) is 7.40. The maximum Gasteiger partial charge on any atom is 0.0609 e. The molecule has 54 valence electrons. The van der Waals surface area contributed by atoms with Gasteiger partial charge in [-0.2, -0.15) is 0 Å². The van der Waals surface area contributed by atoms with E-state index in [1.54, 1.807) is 0 Å². The van der Waals surface area contributed by atoms with Crippen molar-refractivity contribution >= 4 is 22.6 Å². The molecule has 10 heavy (non-hydrogen) atoms. The van der Waals surface area contributed by atoms with Gasteiger partial charge < -0.3 is 5.73 Å². The Bertz CT molecular complexity index is 184. The fraction of sp³-hybridized carbons (Fsp3) is 0.250. The van der Waals surface area contributed by atoms with Gasteiger partial charge in [0.15, 0.2) is 0 Å². The molecule has 0 unspecified atom stereocenters. The summed E-state index contributed by atoms with van der Waals surface area (Å²) in [6, 6.07) is 10.3. The molecule has 0 radical (unpaired) electrons. The van der Waals surface area contributed by atoms with Crippen molar-refractivity contribution in [3.8, 4) is 0 Å². The van der Waals surface area contributed by atoms with Crippen molar-refractivity contribution in [3.05, 3.63) is 35.9 Å². The SMILES string of the molecule is N[C@H](I)Cc1ccccc1. The molecule has 0 heterocycles. The van der Waals surface area contributed by atoms with E-state index in [1.807, 2.05) is 18.2 Å². The van der Waals surface area contributed by atoms with Crippen LogP contribution in [0.3, 0.4) is 0 Å². The van der Waals surface area contributed by atoms with Crippen LogP contribution < -0.4 is 5.73 Å². The quantitative estimate of drug-likeness (QED) is 0.482. The molecule has 1 atom stereocenters. The maximum atomic E-state index is 5.61. The lowest BCUT2D eigenvalue weighted by Crippen LogP contribution is -2.13. The summed E-state index contributed by atoms with van der Waals surface area (Å²) in [5, 5.41) is 0. The van der Waals surface area contributed by atoms with Gasteiger partial charge in [-0.15, -0.1) is 0 Å². The van der Waals surface area contributed by atoms with Crippen molar-refractivity contribution in [2.45, 2.75) is 10.5 Å². The average Bonchev–Trinajstić information content (AvgIpc) is 1.88. The van der Waals surface area contributed by atoms with E-state index in [0.717, 1.165) is 6.42 Å². The van der Waals surface area contributed by atoms with Gasteiger partial charge in [0.25, 0.3) is 0 Å². The van der Waals surface area contributed by atoms with Crippen LogP contribution in [0.2, 0.25) is 0 Å². The number of hydrogen-bond donors (Lipinski definition) is 1. The molecule has 0 fully saturated rings. The molecule has 2 N–H and O–H groups in total. The molecular weight excluding hydrogens is 237 g/mol. The molecule has 0 bridgehead atoms. The van der Waals surface area contributed by atoms with E-state index in [0.29, 0.717) is 0 Å². The molecule has 1 aromatic carbocycles. The third-order valence-electron chi connectivity index (χ3n) is 1.27. The van der Waals surface area contributed by atoms with Gasteiger partial charge in [0, 0.05) is 0 Å². The van der Waals surface area contributed by atoms with E-state index in [2.05, 4.69) is 34.7 Å². The van der Waals surface area contributed by atoms with E-state index in [4.69, 9.17) is 5.73 Å². The lowest BCUT2D eigenvalue weighted by molar-refractivity contribution is 0.935. The van der Waals surface area contributed by atoms with Crippen molar-refractivity contribution in [1.82, 2.24) is 0 Å². The van der Waals surface area contributed by atoms with Crippen molar-refractivity contribution in [1.29, 1.82) is 0 Å². The van der Waals surface area contributed by atoms with E-state index in [1.165, 1.54) is 5.56 Å². The van der Waals surface area contributed by atoms with Gasteiger partial charge in [0.1, 0.15) is 0 Å². The van der Waals surface area contributed by atoms with Gasteiger partial charge in [-0.3, -0.25) is 0 Å². The van der Waals surface area contributed by atoms with Crippen molar-refractivity contribution < 1.29 is 0 Å². The molecular formula is C8H10IN. The number of benzene rings is 1. The second-order valence-electron chi connectivity index (χ2n) is 2.21. The largest absolute Gasteiger partial charge is 0.319 e. The Morgan fingerprint density at radius 3 is 2.40 bits per heavy atom. The molecule has 0 aromatic heterocycles. The number of nitrogens with two attached hydrogens (primary N) is 1. The summed E-state index contributed by atoms with van der Waals surface area (Å²) < 4.78 is 0.236. The molecule has 0 aliphatic rings. The molecule has 1 aromatic rings. The predicted molar refractivity (Wildman–Crippen MR) is 52.1 cm³/mol. The van der Waals surface area contributed by atoms with Crippen molar-refractivity contribution in [3.63, 3.8) is 0 Å². The van der Waals surface area contributed by atoms with Crippen LogP contribution >= 0.6 is 22.6 Å². The predicted octanol–water partition coefficient (Wildman–Crippen LogP) is 1.95. The lowest BCUT2D eigenvalue weighted by atomic mass is 10.2. The van der Waals surface area contributed by atoms with Crippen LogP contribution in [0, 0.1) is 0 Å². The topological polar surface area (TPSA) is 26.0 Å². The Balaban J connectivity index is 2.59. The first kappa shape index (κ1) is 8.01. The summed E-state index contributed by atoms with van der Waals surface area (Å²) in [6.07, 6.45) is 0.960. The fourth-order valence-electron chi connectivity index (χ4n) is 0.839. The molecule has 0 aliphatic heterocycles. The summed E-state index contributed by atoms with van der Waals surface area (Å²) in [4.78, 5) is 0. The minimum Gasteiger partial charge on any atom is -0.319 e. The monoisotopic (exact) mass is 247 g/mol. The summed E-state index contributed by atoms with van der Waals surface area (Å²) in [5.41, 5.74) is 6.92. The second-order valence-corrected chi connectivity index (χ2v) is 3.81. The second kappa shape index (κ2) is 3.93. The maximum absolute atomic E-state index is 5.61. The molecule has 0 saturated carbocycles. The van der Waals surface area contributed by atoms with Crippen LogP contribution in [-0.4, -0.2) is 4.05 Å². The highest BCUT2D eigenvalue weighted by atomic mass is 127. The summed E-state index contributed by atoms with van der Waals surface area (Å²) in [6.45, 7) is 0. The van der Waals surface area contributed by atoms with Crippen LogP contribution in [0.4, 0.5) is 0 Å². The lowest BCUT2D eigenvalue weighted by Gasteiger charge is -2.01. The van der Waals surface area contributed by atoms with Crippen molar-refractivity contribution in [2.75, 3.05) is 0 Å². The Kier molecular flexibility index (Phi) is 3.15. The van der Waals surface area contributed by atoms with Gasteiger partial charge >= 0.3 is 0 Å². The Morgan fingerprint density at radius 1 is 1.30 bits per heavy atom. The van der Waals surface area contributed by atoms with E-state index < -0.39 is 0 Å². The standard InChI is InChI=1S/C8H10IN/c9-8(10)6-7-4-2-1-3-5-7/h1-5,8H,6,10H2/t8-/m0/s1. The zero-order valence-electron chi connectivity index (χ0n) is 5.63. The highest BCUT2D eigenvalue weighted by Gasteiger charge is 1.95. The number of alkyl halides is 1. The normalized spacial score (nSPS) is 13.0. The first-order chi connectivity index (χ1) is 4.79. The van der Waals surface area contributed by atoms with Crippen LogP contribution in [0.25, 0.3) is 0 Å². The molecule has 2 heteroatoms. The fourth-order valence-corrected chi connectivity index (χ4v) is 1.35. The molecule has 0 aliphatic carbocycles. The number of hydrogen-bond acceptors (Lipinski definition) is 1. The first-order valence-corrected chi connectivity index (χ1v) is 4.47. The molecule has 1 rings (SSSR count). The third-order valence-corrected chi connectivity index (χ3v) is 1.71. The minimum atomic E-state index is 0.236. The Labute approximate surface area is 74.8 Å². The van der Waals surface area contributed by atoms with Crippen LogP contribution in [-0.2, 0) is 6.42 Å². The van der Waals surface area contributed by atoms with E-state index in [-0.39, 0.29) is 4.05 Å². The highest BCUT2D eigenvalue weighted by Crippen LogP contribution is 2.04. The third kappa shape index (κ3) is 2.66. The van der Waals surface area contributed by atoms with Gasteiger partial charge in [-0.1, -0.05) is 52.9 Å². The summed E-state index contributed by atoms with van der Waals surface area (Å²) >= 11 is 2.22. The van der Waals surface area contributed by atoms with Gasteiger partial charge in [-0.25, -0.2) is 0 Å². The van der Waals surface area contributed by atoms with Crippen LogP contribution in [0.1, 0.15) is 5.56 Å². The molecule has 0 spiro atoms. The summed E-state index contributed by atoms with van der Waals surface area (Å²) in [7, 11) is 0. The highest BCUT2D eigenvalue weighted by molar-refractivity contribution is 14.1. The Morgan fingerprint density at radius 2 is 1.90 bits per heavy atom. The zero-order valence-corrected chi connectivity index (χ0v) is 7.78. The average molecular weight is 247 g/mol. The molecule has 0 amide bonds. The number of halogens is 1.